The van der Waals surface area contributed by atoms with Crippen molar-refractivity contribution < 1.29 is 9.53 Å². The summed E-state index contributed by atoms with van der Waals surface area (Å²) in [5.74, 6) is 0.218. The summed E-state index contributed by atoms with van der Waals surface area (Å²) in [5.41, 5.74) is 4.54. The molecular formula is C19H19N3O2S2. The number of thiazole rings is 1. The first-order valence-corrected chi connectivity index (χ1v) is 9.26. The van der Waals surface area contributed by atoms with Gasteiger partial charge in [-0.3, -0.25) is 10.1 Å². The highest BCUT2D eigenvalue weighted by molar-refractivity contribution is 7.80. The fourth-order valence-electron chi connectivity index (χ4n) is 2.71. The number of carbonyl (C=O) groups excluding carboxylic acids is 1. The van der Waals surface area contributed by atoms with Gasteiger partial charge in [0.05, 0.1) is 22.9 Å². The molecule has 3 aromatic rings. The standard InChI is InChI=1S/C19H19N3O2S2/c1-10-8-9-12(3)16-14(10)20-19(26-16)22-18(25)21-17(23)13-7-5-6-11(2)15(13)24-4/h5-9H,1-4H3,(H2,20,21,22,23,25). The van der Waals surface area contributed by atoms with E-state index in [1.54, 1.807) is 13.2 Å². The molecule has 0 aliphatic carbocycles. The molecule has 0 saturated carbocycles. The fourth-order valence-corrected chi connectivity index (χ4v) is 3.98. The van der Waals surface area contributed by atoms with E-state index in [9.17, 15) is 4.79 Å². The number of para-hydroxylation sites is 1. The highest BCUT2D eigenvalue weighted by Gasteiger charge is 2.16. The molecule has 0 aliphatic heterocycles. The zero-order valence-corrected chi connectivity index (χ0v) is 16.6. The van der Waals surface area contributed by atoms with Gasteiger partial charge in [-0.25, -0.2) is 4.98 Å². The number of fused-ring (bicyclic) bond motifs is 1. The van der Waals surface area contributed by atoms with E-state index in [4.69, 9.17) is 17.0 Å². The highest BCUT2D eigenvalue weighted by atomic mass is 32.1. The summed E-state index contributed by atoms with van der Waals surface area (Å²) in [7, 11) is 1.54. The van der Waals surface area contributed by atoms with Crippen LogP contribution in [0.15, 0.2) is 30.3 Å². The minimum Gasteiger partial charge on any atom is -0.496 e. The number of thiocarbonyl (C=S) groups is 1. The number of anilines is 1. The van der Waals surface area contributed by atoms with Crippen molar-refractivity contribution in [3.63, 3.8) is 0 Å². The van der Waals surface area contributed by atoms with Gasteiger partial charge in [0, 0.05) is 0 Å². The Morgan fingerprint density at radius 2 is 1.85 bits per heavy atom. The number of ether oxygens (including phenoxy) is 1. The highest BCUT2D eigenvalue weighted by Crippen LogP contribution is 2.30. The molecule has 134 valence electrons. The Bertz CT molecular complexity index is 972. The normalized spacial score (nSPS) is 10.6. The van der Waals surface area contributed by atoms with Gasteiger partial charge in [0.15, 0.2) is 10.2 Å². The van der Waals surface area contributed by atoms with Crippen LogP contribution in [0, 0.1) is 20.8 Å². The van der Waals surface area contributed by atoms with E-state index in [0.29, 0.717) is 16.4 Å². The number of carbonyl (C=O) groups is 1. The second-order valence-electron chi connectivity index (χ2n) is 5.96. The molecule has 1 heterocycles. The summed E-state index contributed by atoms with van der Waals surface area (Å²) in [6, 6.07) is 9.52. The number of hydrogen-bond acceptors (Lipinski definition) is 5. The average molecular weight is 386 g/mol. The number of amides is 1. The Kier molecular flexibility index (Phi) is 5.20. The number of methoxy groups -OCH3 is 1. The van der Waals surface area contributed by atoms with Crippen LogP contribution in [0.25, 0.3) is 10.2 Å². The summed E-state index contributed by atoms with van der Waals surface area (Å²) >= 11 is 6.79. The largest absolute Gasteiger partial charge is 0.496 e. The van der Waals surface area contributed by atoms with Crippen LogP contribution in [0.5, 0.6) is 5.75 Å². The molecule has 2 aromatic carbocycles. The van der Waals surface area contributed by atoms with Crippen LogP contribution in [0.1, 0.15) is 27.0 Å². The lowest BCUT2D eigenvalue weighted by molar-refractivity contribution is 0.0974. The van der Waals surface area contributed by atoms with E-state index >= 15 is 0 Å². The molecule has 0 bridgehead atoms. The van der Waals surface area contributed by atoms with Crippen molar-refractivity contribution in [2.24, 2.45) is 0 Å². The number of rotatable bonds is 3. The van der Waals surface area contributed by atoms with Gasteiger partial charge in [-0.2, -0.15) is 0 Å². The molecule has 0 radical (unpaired) electrons. The van der Waals surface area contributed by atoms with Gasteiger partial charge >= 0.3 is 0 Å². The average Bonchev–Trinajstić information content (AvgIpc) is 3.02. The molecular weight excluding hydrogens is 366 g/mol. The van der Waals surface area contributed by atoms with Crippen molar-refractivity contribution >= 4 is 49.9 Å². The lowest BCUT2D eigenvalue weighted by Gasteiger charge is -2.12. The second kappa shape index (κ2) is 7.39. The van der Waals surface area contributed by atoms with Crippen molar-refractivity contribution in [2.45, 2.75) is 20.8 Å². The predicted molar refractivity (Wildman–Crippen MR) is 111 cm³/mol. The van der Waals surface area contributed by atoms with E-state index < -0.39 is 0 Å². The van der Waals surface area contributed by atoms with Gasteiger partial charge in [0.2, 0.25) is 0 Å². The molecule has 1 aromatic heterocycles. The molecule has 0 atom stereocenters. The number of nitrogens with one attached hydrogen (secondary N) is 2. The van der Waals surface area contributed by atoms with Crippen LogP contribution in [0.2, 0.25) is 0 Å². The molecule has 1 amide bonds. The quantitative estimate of drug-likeness (QED) is 0.656. The van der Waals surface area contributed by atoms with E-state index in [0.717, 1.165) is 26.9 Å². The third kappa shape index (κ3) is 3.54. The molecule has 0 saturated heterocycles. The van der Waals surface area contributed by atoms with Gasteiger partial charge in [-0.1, -0.05) is 35.6 Å². The molecule has 0 fully saturated rings. The van der Waals surface area contributed by atoms with Crippen molar-refractivity contribution in [1.82, 2.24) is 10.3 Å². The van der Waals surface area contributed by atoms with Gasteiger partial charge in [-0.05, 0) is 55.7 Å². The number of aromatic nitrogens is 1. The second-order valence-corrected chi connectivity index (χ2v) is 7.37. The van der Waals surface area contributed by atoms with Crippen LogP contribution in [0.3, 0.4) is 0 Å². The lowest BCUT2D eigenvalue weighted by atomic mass is 10.1. The van der Waals surface area contributed by atoms with Crippen LogP contribution >= 0.6 is 23.6 Å². The van der Waals surface area contributed by atoms with Gasteiger partial charge < -0.3 is 10.1 Å². The first kappa shape index (κ1) is 18.3. The lowest BCUT2D eigenvalue weighted by Crippen LogP contribution is -2.34. The smallest absolute Gasteiger partial charge is 0.261 e. The van der Waals surface area contributed by atoms with Crippen LogP contribution in [-0.4, -0.2) is 23.1 Å². The van der Waals surface area contributed by atoms with Gasteiger partial charge in [0.1, 0.15) is 5.75 Å². The van der Waals surface area contributed by atoms with Crippen LogP contribution < -0.4 is 15.4 Å². The molecule has 5 nitrogen and oxygen atoms in total. The maximum atomic E-state index is 12.5. The van der Waals surface area contributed by atoms with Crippen LogP contribution in [0.4, 0.5) is 5.13 Å². The van der Waals surface area contributed by atoms with Crippen molar-refractivity contribution in [1.29, 1.82) is 0 Å². The fraction of sp³-hybridized carbons (Fsp3) is 0.211. The van der Waals surface area contributed by atoms with Gasteiger partial charge in [-0.15, -0.1) is 0 Å². The van der Waals surface area contributed by atoms with Crippen molar-refractivity contribution in [2.75, 3.05) is 12.4 Å². The summed E-state index contributed by atoms with van der Waals surface area (Å²) < 4.78 is 6.44. The number of nitrogens with zero attached hydrogens (tertiary/aromatic N) is 1. The third-order valence-corrected chi connectivity index (χ3v) is 5.36. The number of hydrogen-bond donors (Lipinski definition) is 2. The third-order valence-electron chi connectivity index (χ3n) is 4.05. The number of aryl methyl sites for hydroxylation is 3. The predicted octanol–water partition coefficient (Wildman–Crippen LogP) is 4.36. The SMILES string of the molecule is COc1c(C)cccc1C(=O)NC(=S)Nc1nc2c(C)ccc(C)c2s1. The maximum Gasteiger partial charge on any atom is 0.261 e. The zero-order chi connectivity index (χ0) is 18.8. The molecule has 0 unspecified atom stereocenters. The first-order chi connectivity index (χ1) is 12.4. The van der Waals surface area contributed by atoms with Gasteiger partial charge in [0.25, 0.3) is 5.91 Å². The van der Waals surface area contributed by atoms with E-state index in [-0.39, 0.29) is 11.0 Å². The van der Waals surface area contributed by atoms with Crippen LogP contribution in [-0.2, 0) is 0 Å². The van der Waals surface area contributed by atoms with E-state index in [1.165, 1.54) is 11.3 Å². The Morgan fingerprint density at radius 1 is 1.12 bits per heavy atom. The summed E-state index contributed by atoms with van der Waals surface area (Å²) in [4.78, 5) is 17.1. The Morgan fingerprint density at radius 3 is 2.54 bits per heavy atom. The summed E-state index contributed by atoms with van der Waals surface area (Å²) in [6.45, 7) is 5.96. The maximum absolute atomic E-state index is 12.5. The molecule has 26 heavy (non-hydrogen) atoms. The van der Waals surface area contributed by atoms with E-state index in [1.807, 2.05) is 39.0 Å². The molecule has 3 rings (SSSR count). The Hall–Kier alpha value is -2.51. The minimum atomic E-state index is -0.323. The summed E-state index contributed by atoms with van der Waals surface area (Å²) in [5, 5.41) is 6.55. The van der Waals surface area contributed by atoms with Crippen molar-refractivity contribution in [3.8, 4) is 5.75 Å². The zero-order valence-electron chi connectivity index (χ0n) is 15.0. The number of benzene rings is 2. The molecule has 7 heteroatoms. The topological polar surface area (TPSA) is 63.2 Å². The summed E-state index contributed by atoms with van der Waals surface area (Å²) in [6.07, 6.45) is 0. The molecule has 0 aliphatic rings. The molecule has 2 N–H and O–H groups in total. The van der Waals surface area contributed by atoms with E-state index in [2.05, 4.69) is 21.7 Å². The Labute approximate surface area is 161 Å². The minimum absolute atomic E-state index is 0.202. The monoisotopic (exact) mass is 385 g/mol. The molecule has 0 spiro atoms. The Balaban J connectivity index is 1.77. The van der Waals surface area contributed by atoms with Crippen molar-refractivity contribution in [3.05, 3.63) is 52.6 Å². The first-order valence-electron chi connectivity index (χ1n) is 8.03.